The first kappa shape index (κ1) is 17.9. The van der Waals surface area contributed by atoms with E-state index in [0.717, 1.165) is 0 Å². The van der Waals surface area contributed by atoms with Crippen LogP contribution >= 0.6 is 0 Å². The Bertz CT molecular complexity index is 369. The molecule has 1 heterocycles. The molecule has 5 atom stereocenters. The van der Waals surface area contributed by atoms with Gasteiger partial charge in [-0.3, -0.25) is 9.59 Å². The van der Waals surface area contributed by atoms with E-state index >= 15 is 0 Å². The Morgan fingerprint density at radius 3 is 2.29 bits per heavy atom. The minimum Gasteiger partial charge on any atom is -0.463 e. The second-order valence-electron chi connectivity index (χ2n) is 5.97. The number of carbonyl (C=O) groups excluding carboxylic acids is 2. The molecule has 0 radical (unpaired) electrons. The van der Waals surface area contributed by atoms with Gasteiger partial charge in [-0.25, -0.2) is 0 Å². The maximum atomic E-state index is 11.4. The van der Waals surface area contributed by atoms with E-state index in [1.807, 2.05) is 27.7 Å². The minimum absolute atomic E-state index is 0.0266. The van der Waals surface area contributed by atoms with Crippen LogP contribution in [0.15, 0.2) is 0 Å². The number of hydrogen-bond acceptors (Lipinski definition) is 5. The molecule has 1 unspecified atom stereocenters. The predicted molar refractivity (Wildman–Crippen MR) is 77.4 cm³/mol. The number of amides is 1. The van der Waals surface area contributed by atoms with Crippen molar-refractivity contribution in [2.45, 2.75) is 66.1 Å². The lowest BCUT2D eigenvalue weighted by Gasteiger charge is -2.44. The van der Waals surface area contributed by atoms with Crippen molar-refractivity contribution in [3.8, 4) is 0 Å². The molecule has 1 aliphatic heterocycles. The molecule has 6 nitrogen and oxygen atoms in total. The smallest absolute Gasteiger partial charge is 0.302 e. The van der Waals surface area contributed by atoms with E-state index in [-0.39, 0.29) is 48.6 Å². The van der Waals surface area contributed by atoms with E-state index in [4.69, 9.17) is 14.2 Å². The first-order valence-electron chi connectivity index (χ1n) is 7.43. The van der Waals surface area contributed by atoms with E-state index in [2.05, 4.69) is 5.32 Å². The van der Waals surface area contributed by atoms with Gasteiger partial charge >= 0.3 is 5.97 Å². The molecule has 0 spiro atoms. The molecule has 1 N–H and O–H groups in total. The van der Waals surface area contributed by atoms with Crippen LogP contribution in [0.25, 0.3) is 0 Å². The molecule has 6 heteroatoms. The lowest BCUT2D eigenvalue weighted by Crippen LogP contribution is -2.58. The van der Waals surface area contributed by atoms with Gasteiger partial charge in [0.15, 0.2) is 6.29 Å². The highest BCUT2D eigenvalue weighted by Gasteiger charge is 2.43. The van der Waals surface area contributed by atoms with Crippen molar-refractivity contribution in [1.82, 2.24) is 5.32 Å². The highest BCUT2D eigenvalue weighted by Crippen LogP contribution is 2.32. The fraction of sp³-hybridized carbons (Fsp3) is 0.867. The molecule has 0 aromatic heterocycles. The Morgan fingerprint density at radius 1 is 1.19 bits per heavy atom. The lowest BCUT2D eigenvalue weighted by molar-refractivity contribution is -0.254. The van der Waals surface area contributed by atoms with E-state index < -0.39 is 6.29 Å². The molecular formula is C15H27NO5. The Labute approximate surface area is 126 Å². The van der Waals surface area contributed by atoms with Gasteiger partial charge < -0.3 is 19.5 Å². The number of carbonyl (C=O) groups is 2. The van der Waals surface area contributed by atoms with Gasteiger partial charge in [-0.05, 0) is 25.7 Å². The van der Waals surface area contributed by atoms with E-state index in [0.29, 0.717) is 0 Å². The van der Waals surface area contributed by atoms with Crippen molar-refractivity contribution < 1.29 is 23.8 Å². The molecule has 0 aromatic rings. The van der Waals surface area contributed by atoms with Gasteiger partial charge in [0.05, 0.1) is 18.2 Å². The third-order valence-corrected chi connectivity index (χ3v) is 3.81. The summed E-state index contributed by atoms with van der Waals surface area (Å²) < 4.78 is 16.8. The molecule has 0 saturated carbocycles. The van der Waals surface area contributed by atoms with Crippen LogP contribution in [0.3, 0.4) is 0 Å². The zero-order chi connectivity index (χ0) is 16.2. The Kier molecular flexibility index (Phi) is 6.61. The minimum atomic E-state index is -0.541. The lowest BCUT2D eigenvalue weighted by atomic mass is 9.82. The standard InChI is InChI=1S/C15H27NO5/c1-8(2)20-15-14(16-11(5)17)10(4)9(3)13(21-15)7-19-12(6)18/h8-10,13-15H,7H2,1-6H3,(H,16,17)/t9-,10+,13-,14-,15?/m1/s1. The van der Waals surface area contributed by atoms with Gasteiger partial charge in [-0.2, -0.15) is 0 Å². The number of rotatable bonds is 5. The largest absolute Gasteiger partial charge is 0.463 e. The van der Waals surface area contributed by atoms with Crippen LogP contribution in [0.5, 0.6) is 0 Å². The van der Waals surface area contributed by atoms with Crippen LogP contribution in [0.2, 0.25) is 0 Å². The van der Waals surface area contributed by atoms with Crippen molar-refractivity contribution in [3.63, 3.8) is 0 Å². The maximum absolute atomic E-state index is 11.4. The van der Waals surface area contributed by atoms with Crippen molar-refractivity contribution in [2.24, 2.45) is 11.8 Å². The number of ether oxygens (including phenoxy) is 3. The summed E-state index contributed by atoms with van der Waals surface area (Å²) in [4.78, 5) is 22.4. The van der Waals surface area contributed by atoms with Crippen LogP contribution in [-0.2, 0) is 23.8 Å². The van der Waals surface area contributed by atoms with Gasteiger partial charge in [-0.15, -0.1) is 0 Å². The maximum Gasteiger partial charge on any atom is 0.302 e. The third-order valence-electron chi connectivity index (χ3n) is 3.81. The summed E-state index contributed by atoms with van der Waals surface area (Å²) in [5.74, 6) is -0.164. The number of nitrogens with one attached hydrogen (secondary N) is 1. The normalized spacial score (nSPS) is 32.8. The van der Waals surface area contributed by atoms with Crippen LogP contribution in [0, 0.1) is 11.8 Å². The molecule has 1 aliphatic rings. The summed E-state index contributed by atoms with van der Waals surface area (Å²) in [6.07, 6.45) is -0.806. The highest BCUT2D eigenvalue weighted by molar-refractivity contribution is 5.73. The van der Waals surface area contributed by atoms with Gasteiger partial charge in [0.1, 0.15) is 6.61 Å². The predicted octanol–water partition coefficient (Wildman–Crippen LogP) is 1.48. The summed E-state index contributed by atoms with van der Waals surface area (Å²) >= 11 is 0. The van der Waals surface area contributed by atoms with Crippen molar-refractivity contribution >= 4 is 11.9 Å². The summed E-state index contributed by atoms with van der Waals surface area (Å²) in [5.41, 5.74) is 0. The summed E-state index contributed by atoms with van der Waals surface area (Å²) in [5, 5.41) is 2.91. The molecule has 1 saturated heterocycles. The third kappa shape index (κ3) is 5.28. The van der Waals surface area contributed by atoms with Crippen LogP contribution in [-0.4, -0.2) is 43.0 Å². The zero-order valence-electron chi connectivity index (χ0n) is 13.7. The van der Waals surface area contributed by atoms with Crippen LogP contribution in [0.1, 0.15) is 41.5 Å². The Morgan fingerprint density at radius 2 is 1.81 bits per heavy atom. The van der Waals surface area contributed by atoms with Crippen LogP contribution in [0.4, 0.5) is 0 Å². The van der Waals surface area contributed by atoms with Gasteiger partial charge in [0.2, 0.25) is 5.91 Å². The van der Waals surface area contributed by atoms with Gasteiger partial charge in [0, 0.05) is 13.8 Å². The molecule has 1 fully saturated rings. The first-order valence-corrected chi connectivity index (χ1v) is 7.43. The van der Waals surface area contributed by atoms with E-state index in [1.165, 1.54) is 13.8 Å². The molecule has 1 rings (SSSR count). The molecule has 122 valence electrons. The van der Waals surface area contributed by atoms with Crippen LogP contribution < -0.4 is 5.32 Å². The number of esters is 1. The quantitative estimate of drug-likeness (QED) is 0.779. The van der Waals surface area contributed by atoms with Crippen molar-refractivity contribution in [2.75, 3.05) is 6.61 Å². The SMILES string of the molecule is CC(=O)N[C@H]1C(OC(C)C)O[C@H](COC(C)=O)[C@H](C)[C@@H]1C. The average Bonchev–Trinajstić information content (AvgIpc) is 2.35. The summed E-state index contributed by atoms with van der Waals surface area (Å²) in [6.45, 7) is 11.0. The summed E-state index contributed by atoms with van der Waals surface area (Å²) in [7, 11) is 0. The Hall–Kier alpha value is -1.14. The van der Waals surface area contributed by atoms with E-state index in [1.54, 1.807) is 0 Å². The topological polar surface area (TPSA) is 73.9 Å². The first-order chi connectivity index (χ1) is 9.72. The molecule has 1 amide bonds. The molecule has 0 aromatic carbocycles. The Balaban J connectivity index is 2.82. The van der Waals surface area contributed by atoms with Crippen molar-refractivity contribution in [1.29, 1.82) is 0 Å². The van der Waals surface area contributed by atoms with E-state index in [9.17, 15) is 9.59 Å². The molecule has 0 bridgehead atoms. The highest BCUT2D eigenvalue weighted by atomic mass is 16.7. The van der Waals surface area contributed by atoms with Gasteiger partial charge in [-0.1, -0.05) is 13.8 Å². The second kappa shape index (κ2) is 7.75. The zero-order valence-corrected chi connectivity index (χ0v) is 13.7. The van der Waals surface area contributed by atoms with Gasteiger partial charge in [0.25, 0.3) is 0 Å². The summed E-state index contributed by atoms with van der Waals surface area (Å²) in [6, 6.07) is -0.214. The average molecular weight is 301 g/mol. The second-order valence-corrected chi connectivity index (χ2v) is 5.97. The fourth-order valence-corrected chi connectivity index (χ4v) is 2.50. The fourth-order valence-electron chi connectivity index (χ4n) is 2.50. The molecule has 21 heavy (non-hydrogen) atoms. The molecular weight excluding hydrogens is 274 g/mol. The number of hydrogen-bond donors (Lipinski definition) is 1. The molecule has 0 aliphatic carbocycles. The monoisotopic (exact) mass is 301 g/mol. The van der Waals surface area contributed by atoms with Crippen molar-refractivity contribution in [3.05, 3.63) is 0 Å².